The number of imidazole rings is 1. The first kappa shape index (κ1) is 25.3. The lowest BCUT2D eigenvalue weighted by Gasteiger charge is -2.35. The molecular formula is C30H33N5O4. The normalized spacial score (nSPS) is 21.6. The van der Waals surface area contributed by atoms with Crippen molar-refractivity contribution < 1.29 is 19.1 Å². The van der Waals surface area contributed by atoms with Gasteiger partial charge in [-0.1, -0.05) is 30.7 Å². The lowest BCUT2D eigenvalue weighted by Crippen LogP contribution is -2.52. The van der Waals surface area contributed by atoms with E-state index < -0.39 is 11.9 Å². The highest BCUT2D eigenvalue weighted by atomic mass is 16.5. The Morgan fingerprint density at radius 1 is 1.00 bits per heavy atom. The Bertz CT molecular complexity index is 1370. The maximum Gasteiger partial charge on any atom is 0.255 e. The Balaban J connectivity index is 1.08. The summed E-state index contributed by atoms with van der Waals surface area (Å²) in [6.07, 6.45) is 9.68. The molecule has 2 aromatic carbocycles. The maximum atomic E-state index is 13.0. The molecule has 0 radical (unpaired) electrons. The number of piperidine rings is 2. The first-order chi connectivity index (χ1) is 19.0. The van der Waals surface area contributed by atoms with Crippen LogP contribution >= 0.6 is 0 Å². The summed E-state index contributed by atoms with van der Waals surface area (Å²) in [5.41, 5.74) is 4.01. The van der Waals surface area contributed by atoms with E-state index in [4.69, 9.17) is 4.74 Å². The molecule has 9 nitrogen and oxygen atoms in total. The molecule has 3 aromatic rings. The van der Waals surface area contributed by atoms with Gasteiger partial charge in [0.2, 0.25) is 11.8 Å². The molecule has 2 saturated heterocycles. The Morgan fingerprint density at radius 2 is 1.87 bits per heavy atom. The van der Waals surface area contributed by atoms with E-state index in [-0.39, 0.29) is 18.2 Å². The van der Waals surface area contributed by atoms with E-state index in [2.05, 4.69) is 44.0 Å². The zero-order valence-corrected chi connectivity index (χ0v) is 21.9. The van der Waals surface area contributed by atoms with E-state index in [1.807, 2.05) is 24.7 Å². The molecule has 6 rings (SSSR count). The van der Waals surface area contributed by atoms with Gasteiger partial charge < -0.3 is 14.2 Å². The average Bonchev–Trinajstić information content (AvgIpc) is 3.56. The third-order valence-corrected chi connectivity index (χ3v) is 7.99. The quantitative estimate of drug-likeness (QED) is 0.452. The standard InChI is InChI=1S/C30H33N5O4/c36-28-10-9-27(29(37)32-28)35-18-23-15-25(7-8-26(23)30(35)38)39-19-24-6-1-2-12-34(24)17-22-5-3-4-21(14-22)16-33-13-11-31-20-33/h3-5,7-8,11,13-15,20,24,27H,1-2,6,9-10,12,16-19H2,(H,32,36,37)/t24-,27?/m1/s1. The first-order valence-electron chi connectivity index (χ1n) is 13.7. The number of carbonyl (C=O) groups excluding carboxylic acids is 3. The van der Waals surface area contributed by atoms with E-state index in [9.17, 15) is 14.4 Å². The van der Waals surface area contributed by atoms with E-state index in [0.29, 0.717) is 31.2 Å². The lowest BCUT2D eigenvalue weighted by atomic mass is 10.0. The SMILES string of the molecule is O=C1CCC(N2Cc3cc(OC[C@H]4CCCCN4Cc4cccc(Cn5ccnc5)c4)ccc3C2=O)C(=O)N1. The second kappa shape index (κ2) is 11.0. The van der Waals surface area contributed by atoms with E-state index in [1.54, 1.807) is 17.2 Å². The Kier molecular flexibility index (Phi) is 7.15. The van der Waals surface area contributed by atoms with E-state index >= 15 is 0 Å². The fraction of sp³-hybridized carbons (Fsp3) is 0.400. The van der Waals surface area contributed by atoms with Crippen molar-refractivity contribution in [1.82, 2.24) is 24.7 Å². The molecule has 1 N–H and O–H groups in total. The summed E-state index contributed by atoms with van der Waals surface area (Å²) in [6.45, 7) is 3.66. The molecule has 2 atom stereocenters. The van der Waals surface area contributed by atoms with Crippen LogP contribution in [0.25, 0.3) is 0 Å². The maximum absolute atomic E-state index is 13.0. The van der Waals surface area contributed by atoms with Crippen molar-refractivity contribution in [3.63, 3.8) is 0 Å². The predicted octanol–water partition coefficient (Wildman–Crippen LogP) is 3.13. The van der Waals surface area contributed by atoms with Gasteiger partial charge in [0.05, 0.1) is 6.33 Å². The number of hydrogen-bond acceptors (Lipinski definition) is 6. The molecule has 3 aliphatic rings. The smallest absolute Gasteiger partial charge is 0.255 e. The van der Waals surface area contributed by atoms with Crippen LogP contribution in [0.1, 0.15) is 59.2 Å². The van der Waals surface area contributed by atoms with Crippen LogP contribution < -0.4 is 10.1 Å². The van der Waals surface area contributed by atoms with Crippen LogP contribution in [-0.4, -0.2) is 62.3 Å². The van der Waals surface area contributed by atoms with Crippen LogP contribution in [0.4, 0.5) is 0 Å². The highest BCUT2D eigenvalue weighted by molar-refractivity contribution is 6.05. The summed E-state index contributed by atoms with van der Waals surface area (Å²) >= 11 is 0. The van der Waals surface area contributed by atoms with Gasteiger partial charge in [0.25, 0.3) is 5.91 Å². The number of rotatable bonds is 8. The predicted molar refractivity (Wildman–Crippen MR) is 144 cm³/mol. The number of nitrogens with zero attached hydrogens (tertiary/aromatic N) is 4. The molecule has 202 valence electrons. The molecule has 3 aliphatic heterocycles. The van der Waals surface area contributed by atoms with Crippen molar-refractivity contribution in [2.75, 3.05) is 13.2 Å². The zero-order valence-electron chi connectivity index (χ0n) is 21.9. The summed E-state index contributed by atoms with van der Waals surface area (Å²) < 4.78 is 8.35. The number of amides is 3. The fourth-order valence-corrected chi connectivity index (χ4v) is 5.94. The van der Waals surface area contributed by atoms with Crippen molar-refractivity contribution in [2.45, 2.75) is 63.8 Å². The Labute approximate surface area is 227 Å². The number of aromatic nitrogens is 2. The molecule has 0 saturated carbocycles. The molecule has 1 aromatic heterocycles. The van der Waals surface area contributed by atoms with Crippen molar-refractivity contribution in [2.24, 2.45) is 0 Å². The highest BCUT2D eigenvalue weighted by Gasteiger charge is 2.39. The summed E-state index contributed by atoms with van der Waals surface area (Å²) in [4.78, 5) is 45.0. The number of likely N-dealkylation sites (tertiary alicyclic amines) is 1. The van der Waals surface area contributed by atoms with Gasteiger partial charge in [0.15, 0.2) is 0 Å². The highest BCUT2D eigenvalue weighted by Crippen LogP contribution is 2.30. The van der Waals surface area contributed by atoms with Gasteiger partial charge in [0.1, 0.15) is 18.4 Å². The first-order valence-corrected chi connectivity index (χ1v) is 13.7. The van der Waals surface area contributed by atoms with Crippen LogP contribution in [0.15, 0.2) is 61.2 Å². The number of carbonyl (C=O) groups is 3. The molecule has 9 heteroatoms. The molecule has 39 heavy (non-hydrogen) atoms. The minimum atomic E-state index is -0.610. The fourth-order valence-electron chi connectivity index (χ4n) is 5.94. The minimum Gasteiger partial charge on any atom is -0.492 e. The van der Waals surface area contributed by atoms with Crippen molar-refractivity contribution in [1.29, 1.82) is 0 Å². The number of imide groups is 1. The van der Waals surface area contributed by atoms with Crippen LogP contribution in [0.3, 0.4) is 0 Å². The average molecular weight is 528 g/mol. The van der Waals surface area contributed by atoms with Gasteiger partial charge in [-0.25, -0.2) is 4.98 Å². The largest absolute Gasteiger partial charge is 0.492 e. The summed E-state index contributed by atoms with van der Waals surface area (Å²) in [5, 5.41) is 2.35. The molecule has 3 amide bonds. The van der Waals surface area contributed by atoms with Crippen LogP contribution in [0, 0.1) is 0 Å². The third-order valence-electron chi connectivity index (χ3n) is 7.99. The van der Waals surface area contributed by atoms with Gasteiger partial charge in [-0.05, 0) is 60.7 Å². The second-order valence-electron chi connectivity index (χ2n) is 10.7. The number of fused-ring (bicyclic) bond motifs is 1. The topological polar surface area (TPSA) is 96.8 Å². The third kappa shape index (κ3) is 5.59. The van der Waals surface area contributed by atoms with Gasteiger partial charge in [0, 0.05) is 50.1 Å². The summed E-state index contributed by atoms with van der Waals surface area (Å²) in [5.74, 6) is -0.108. The zero-order chi connectivity index (χ0) is 26.8. The number of ether oxygens (including phenoxy) is 1. The summed E-state index contributed by atoms with van der Waals surface area (Å²) in [6, 6.07) is 14.0. The van der Waals surface area contributed by atoms with Crippen molar-refractivity contribution in [3.8, 4) is 5.75 Å². The van der Waals surface area contributed by atoms with Gasteiger partial charge in [-0.3, -0.25) is 24.6 Å². The lowest BCUT2D eigenvalue weighted by molar-refractivity contribution is -0.136. The number of hydrogen-bond donors (Lipinski definition) is 1. The molecule has 0 bridgehead atoms. The van der Waals surface area contributed by atoms with E-state index in [0.717, 1.165) is 37.4 Å². The molecule has 0 spiro atoms. The molecule has 4 heterocycles. The molecule has 0 aliphatic carbocycles. The minimum absolute atomic E-state index is 0.167. The van der Waals surface area contributed by atoms with Crippen LogP contribution in [0.5, 0.6) is 5.75 Å². The van der Waals surface area contributed by atoms with E-state index in [1.165, 1.54) is 24.0 Å². The van der Waals surface area contributed by atoms with Crippen molar-refractivity contribution in [3.05, 3.63) is 83.4 Å². The Hall–Kier alpha value is -3.98. The summed E-state index contributed by atoms with van der Waals surface area (Å²) in [7, 11) is 0. The second-order valence-corrected chi connectivity index (χ2v) is 10.7. The molecular weight excluding hydrogens is 494 g/mol. The number of nitrogens with one attached hydrogen (secondary N) is 1. The monoisotopic (exact) mass is 527 g/mol. The van der Waals surface area contributed by atoms with Crippen molar-refractivity contribution >= 4 is 17.7 Å². The van der Waals surface area contributed by atoms with Gasteiger partial charge in [-0.2, -0.15) is 0 Å². The molecule has 1 unspecified atom stereocenters. The Morgan fingerprint density at radius 3 is 2.69 bits per heavy atom. The molecule has 2 fully saturated rings. The van der Waals surface area contributed by atoms with Crippen LogP contribution in [0.2, 0.25) is 0 Å². The number of benzene rings is 2. The van der Waals surface area contributed by atoms with Crippen LogP contribution in [-0.2, 0) is 29.2 Å². The van der Waals surface area contributed by atoms with Gasteiger partial charge >= 0.3 is 0 Å². The van der Waals surface area contributed by atoms with Gasteiger partial charge in [-0.15, -0.1) is 0 Å².